The maximum atomic E-state index is 11.7. The van der Waals surface area contributed by atoms with Crippen LogP contribution in [0, 0.1) is 0 Å². The smallest absolute Gasteiger partial charge is 0.489 e. The lowest BCUT2D eigenvalue weighted by Gasteiger charge is -2.11. The Morgan fingerprint density at radius 3 is 2.55 bits per heavy atom. The second-order valence-electron chi connectivity index (χ2n) is 3.38. The summed E-state index contributed by atoms with van der Waals surface area (Å²) < 4.78 is 48.6. The molecule has 112 valence electrons. The van der Waals surface area contributed by atoms with Crippen molar-refractivity contribution in [1.29, 1.82) is 0 Å². The van der Waals surface area contributed by atoms with E-state index >= 15 is 0 Å². The Morgan fingerprint density at radius 2 is 2.00 bits per heavy atom. The number of hydrogen-bond acceptors (Lipinski definition) is 5. The van der Waals surface area contributed by atoms with Gasteiger partial charge in [0.25, 0.3) is 0 Å². The molecule has 0 aliphatic heterocycles. The van der Waals surface area contributed by atoms with Crippen molar-refractivity contribution in [3.8, 4) is 11.6 Å². The topological polar surface area (TPSA) is 77.9 Å². The number of hydrogen-bond donors (Lipinski definition) is 1. The number of nitrogens with zero attached hydrogens (tertiary/aromatic N) is 1. The van der Waals surface area contributed by atoms with Gasteiger partial charge in [-0.2, -0.15) is 0 Å². The normalized spacial score (nSPS) is 11.2. The first-order valence-corrected chi connectivity index (χ1v) is 5.54. The third-order valence-electron chi connectivity index (χ3n) is 1.93. The van der Waals surface area contributed by atoms with Crippen LogP contribution in [0.5, 0.6) is 11.6 Å². The van der Waals surface area contributed by atoms with Gasteiger partial charge < -0.3 is 14.6 Å². The summed E-state index contributed by atoms with van der Waals surface area (Å²) in [5.41, 5.74) is -0.442. The van der Waals surface area contributed by atoms with Crippen LogP contribution in [0.25, 0.3) is 0 Å². The van der Waals surface area contributed by atoms with Crippen LogP contribution in [0.1, 0.15) is 17.4 Å². The first-order chi connectivity index (χ1) is 9.33. The van der Waals surface area contributed by atoms with Crippen molar-refractivity contribution in [3.05, 3.63) is 17.8 Å². The Bertz CT molecular complexity index is 464. The number of carbonyl (C=O) groups is 1. The van der Waals surface area contributed by atoms with Gasteiger partial charge in [0.1, 0.15) is 6.61 Å². The van der Waals surface area contributed by atoms with E-state index < -0.39 is 31.2 Å². The molecule has 0 atom stereocenters. The lowest BCUT2D eigenvalue weighted by Crippen LogP contribution is -2.19. The van der Waals surface area contributed by atoms with Gasteiger partial charge in [-0.25, -0.2) is 9.78 Å². The Morgan fingerprint density at radius 1 is 1.30 bits per heavy atom. The van der Waals surface area contributed by atoms with E-state index in [1.165, 1.54) is 12.1 Å². The number of carboxylic acids is 1. The molecule has 1 N–H and O–H groups in total. The fourth-order valence-corrected chi connectivity index (χ4v) is 1.24. The summed E-state index contributed by atoms with van der Waals surface area (Å²) in [6, 6.07) is 2.62. The van der Waals surface area contributed by atoms with Gasteiger partial charge in [-0.1, -0.05) is 0 Å². The molecule has 0 aromatic carbocycles. The molecule has 1 rings (SSSR count). The summed E-state index contributed by atoms with van der Waals surface area (Å²) >= 11 is 0. The van der Waals surface area contributed by atoms with Gasteiger partial charge in [0.15, 0.2) is 11.4 Å². The summed E-state index contributed by atoms with van der Waals surface area (Å²) in [4.78, 5) is 14.6. The van der Waals surface area contributed by atoms with Crippen LogP contribution in [-0.2, 0) is 4.74 Å². The molecule has 0 saturated carbocycles. The quantitative estimate of drug-likeness (QED) is 0.776. The molecule has 0 amide bonds. The molecule has 0 unspecified atom stereocenters. The van der Waals surface area contributed by atoms with Crippen LogP contribution >= 0.6 is 0 Å². The Hall–Kier alpha value is -2.03. The van der Waals surface area contributed by atoms with Crippen molar-refractivity contribution in [1.82, 2.24) is 4.98 Å². The van der Waals surface area contributed by atoms with Crippen LogP contribution < -0.4 is 9.47 Å². The minimum atomic E-state index is -4.75. The number of aromatic carboxylic acids is 1. The zero-order valence-electron chi connectivity index (χ0n) is 10.4. The third kappa shape index (κ3) is 5.31. The number of aromatic nitrogens is 1. The zero-order valence-corrected chi connectivity index (χ0v) is 10.4. The SMILES string of the molecule is CCOc1ccc(OCCOC(F)(F)F)c(C(=O)O)n1. The maximum absolute atomic E-state index is 11.7. The Kier molecular flexibility index (Phi) is 5.56. The average Bonchev–Trinajstić information content (AvgIpc) is 2.35. The van der Waals surface area contributed by atoms with Crippen molar-refractivity contribution < 1.29 is 37.3 Å². The van der Waals surface area contributed by atoms with Crippen LogP contribution in [-0.4, -0.2) is 42.2 Å². The predicted octanol–water partition coefficient (Wildman–Crippen LogP) is 2.09. The van der Waals surface area contributed by atoms with E-state index in [2.05, 4.69) is 9.72 Å². The number of ether oxygens (including phenoxy) is 3. The molecule has 0 spiro atoms. The predicted molar refractivity (Wildman–Crippen MR) is 59.9 cm³/mol. The summed E-state index contributed by atoms with van der Waals surface area (Å²) in [5.74, 6) is -1.45. The van der Waals surface area contributed by atoms with Crippen LogP contribution in [0.4, 0.5) is 13.2 Å². The summed E-state index contributed by atoms with van der Waals surface area (Å²) in [6.45, 7) is 0.776. The van der Waals surface area contributed by atoms with Gasteiger partial charge >= 0.3 is 12.3 Å². The lowest BCUT2D eigenvalue weighted by atomic mass is 10.3. The van der Waals surface area contributed by atoms with Crippen LogP contribution in [0.3, 0.4) is 0 Å². The molecule has 0 aliphatic rings. The monoisotopic (exact) mass is 295 g/mol. The van der Waals surface area contributed by atoms with Crippen LogP contribution in [0.2, 0.25) is 0 Å². The molecule has 0 aliphatic carbocycles. The van der Waals surface area contributed by atoms with Gasteiger partial charge in [0.2, 0.25) is 5.88 Å². The standard InChI is InChI=1S/C11H12F3NO5/c1-2-18-8-4-3-7(9(15-8)10(16)17)19-5-6-20-11(12,13)14/h3-4H,2,5-6H2,1H3,(H,16,17). The Balaban J connectivity index is 2.67. The number of halogens is 3. The van der Waals surface area contributed by atoms with E-state index in [1.807, 2.05) is 0 Å². The molecule has 0 fully saturated rings. The highest BCUT2D eigenvalue weighted by Crippen LogP contribution is 2.21. The molecule has 1 aromatic rings. The number of rotatable bonds is 7. The molecule has 20 heavy (non-hydrogen) atoms. The molecule has 1 aromatic heterocycles. The maximum Gasteiger partial charge on any atom is 0.522 e. The molecular weight excluding hydrogens is 283 g/mol. The van der Waals surface area contributed by atoms with Crippen molar-refractivity contribution in [2.45, 2.75) is 13.3 Å². The van der Waals surface area contributed by atoms with E-state index in [-0.39, 0.29) is 11.6 Å². The summed E-state index contributed by atoms with van der Waals surface area (Å²) in [5, 5.41) is 8.93. The minimum absolute atomic E-state index is 0.0868. The second kappa shape index (κ2) is 6.94. The van der Waals surface area contributed by atoms with E-state index in [4.69, 9.17) is 14.6 Å². The molecule has 0 radical (unpaired) electrons. The lowest BCUT2D eigenvalue weighted by molar-refractivity contribution is -0.325. The zero-order chi connectivity index (χ0) is 15.2. The Labute approximate surface area is 112 Å². The highest BCUT2D eigenvalue weighted by Gasteiger charge is 2.28. The van der Waals surface area contributed by atoms with Gasteiger partial charge in [0, 0.05) is 6.07 Å². The number of alkyl halides is 3. The van der Waals surface area contributed by atoms with Gasteiger partial charge in [0.05, 0.1) is 13.2 Å². The molecular formula is C11H12F3NO5. The average molecular weight is 295 g/mol. The molecule has 6 nitrogen and oxygen atoms in total. The molecule has 1 heterocycles. The van der Waals surface area contributed by atoms with Crippen LogP contribution in [0.15, 0.2) is 12.1 Å². The molecule has 0 saturated heterocycles. The van der Waals surface area contributed by atoms with Crippen molar-refractivity contribution in [2.24, 2.45) is 0 Å². The summed E-state index contributed by atoms with van der Waals surface area (Å²) in [6.07, 6.45) is -4.75. The van der Waals surface area contributed by atoms with E-state index in [1.54, 1.807) is 6.92 Å². The van der Waals surface area contributed by atoms with E-state index in [9.17, 15) is 18.0 Å². The summed E-state index contributed by atoms with van der Waals surface area (Å²) in [7, 11) is 0. The first-order valence-electron chi connectivity index (χ1n) is 5.54. The molecule has 9 heteroatoms. The van der Waals surface area contributed by atoms with E-state index in [0.717, 1.165) is 0 Å². The second-order valence-corrected chi connectivity index (χ2v) is 3.38. The van der Waals surface area contributed by atoms with Gasteiger partial charge in [-0.05, 0) is 13.0 Å². The number of carboxylic acid groups (broad SMARTS) is 1. The van der Waals surface area contributed by atoms with Gasteiger partial charge in [-0.3, -0.25) is 4.74 Å². The van der Waals surface area contributed by atoms with E-state index in [0.29, 0.717) is 6.61 Å². The largest absolute Gasteiger partial charge is 0.522 e. The fourth-order valence-electron chi connectivity index (χ4n) is 1.24. The first kappa shape index (κ1) is 16.0. The minimum Gasteiger partial charge on any atom is -0.489 e. The number of pyridine rings is 1. The van der Waals surface area contributed by atoms with Crippen molar-refractivity contribution in [2.75, 3.05) is 19.8 Å². The third-order valence-corrected chi connectivity index (χ3v) is 1.93. The highest BCUT2D eigenvalue weighted by atomic mass is 19.4. The highest BCUT2D eigenvalue weighted by molar-refractivity contribution is 5.88. The molecule has 0 bridgehead atoms. The van der Waals surface area contributed by atoms with Crippen molar-refractivity contribution in [3.63, 3.8) is 0 Å². The fraction of sp³-hybridized carbons (Fsp3) is 0.455. The van der Waals surface area contributed by atoms with Gasteiger partial charge in [-0.15, -0.1) is 13.2 Å². The van der Waals surface area contributed by atoms with Crippen molar-refractivity contribution >= 4 is 5.97 Å².